The van der Waals surface area contributed by atoms with Gasteiger partial charge in [-0.25, -0.2) is 4.79 Å². The Morgan fingerprint density at radius 1 is 1.36 bits per heavy atom. The van der Waals surface area contributed by atoms with E-state index in [1.165, 1.54) is 6.92 Å². The van der Waals surface area contributed by atoms with Crippen LogP contribution in [-0.4, -0.2) is 36.4 Å². The quantitative estimate of drug-likeness (QED) is 0.526. The molecule has 0 saturated heterocycles. The zero-order valence-electron chi connectivity index (χ0n) is 8.39. The third kappa shape index (κ3) is 3.95. The Labute approximate surface area is 80.8 Å². The summed E-state index contributed by atoms with van der Waals surface area (Å²) >= 11 is 0. The van der Waals surface area contributed by atoms with Gasteiger partial charge in [-0.05, 0) is 20.0 Å². The minimum absolute atomic E-state index is 0.531. The van der Waals surface area contributed by atoms with E-state index in [0.717, 1.165) is 0 Å². The lowest BCUT2D eigenvalue weighted by atomic mass is 10.4. The van der Waals surface area contributed by atoms with Crippen LogP contribution in [0.25, 0.3) is 0 Å². The molecule has 0 spiro atoms. The van der Waals surface area contributed by atoms with Gasteiger partial charge in [0.25, 0.3) is 0 Å². The van der Waals surface area contributed by atoms with Gasteiger partial charge in [-0.3, -0.25) is 4.90 Å². The van der Waals surface area contributed by atoms with Crippen molar-refractivity contribution >= 4 is 5.97 Å². The second kappa shape index (κ2) is 5.19. The summed E-state index contributed by atoms with van der Waals surface area (Å²) in [7, 11) is 0. The molecule has 0 aliphatic rings. The van der Waals surface area contributed by atoms with Crippen molar-refractivity contribution in [1.82, 2.24) is 4.90 Å². The largest absolute Gasteiger partial charge is 0.490 e. The smallest absolute Gasteiger partial charge is 0.440 e. The molecule has 0 aliphatic heterocycles. The predicted molar refractivity (Wildman–Crippen MR) is 44.5 cm³/mol. The molecule has 0 rings (SSSR count). The van der Waals surface area contributed by atoms with Crippen LogP contribution in [0, 0.1) is 0 Å². The molecule has 3 nitrogen and oxygen atoms in total. The van der Waals surface area contributed by atoms with Gasteiger partial charge in [0.15, 0.2) is 6.23 Å². The number of rotatable bonds is 4. The predicted octanol–water partition coefficient (Wildman–Crippen LogP) is 1.78. The van der Waals surface area contributed by atoms with E-state index in [9.17, 15) is 18.0 Å². The normalized spacial score (nSPS) is 14.2. The summed E-state index contributed by atoms with van der Waals surface area (Å²) in [5, 5.41) is 0. The molecule has 0 saturated carbocycles. The topological polar surface area (TPSA) is 29.5 Å². The Kier molecular flexibility index (Phi) is 4.90. The minimum atomic E-state index is -4.92. The molecule has 0 aromatic heterocycles. The highest BCUT2D eigenvalue weighted by atomic mass is 19.4. The Morgan fingerprint density at radius 2 is 1.79 bits per heavy atom. The zero-order chi connectivity index (χ0) is 11.4. The number of esters is 1. The van der Waals surface area contributed by atoms with Crippen molar-refractivity contribution in [3.63, 3.8) is 0 Å². The molecule has 0 fully saturated rings. The molecular weight excluding hydrogens is 199 g/mol. The third-order valence-electron chi connectivity index (χ3n) is 1.84. The first kappa shape index (κ1) is 13.2. The lowest BCUT2D eigenvalue weighted by Gasteiger charge is -2.26. The first-order valence-corrected chi connectivity index (χ1v) is 4.34. The number of carbonyl (C=O) groups excluding carboxylic acids is 1. The highest BCUT2D eigenvalue weighted by Crippen LogP contribution is 2.18. The van der Waals surface area contributed by atoms with Crippen molar-refractivity contribution in [2.75, 3.05) is 13.1 Å². The summed E-state index contributed by atoms with van der Waals surface area (Å²) in [5.41, 5.74) is 0. The average molecular weight is 213 g/mol. The third-order valence-corrected chi connectivity index (χ3v) is 1.84. The minimum Gasteiger partial charge on any atom is -0.440 e. The Bertz CT molecular complexity index is 190. The zero-order valence-corrected chi connectivity index (χ0v) is 8.39. The van der Waals surface area contributed by atoms with E-state index in [4.69, 9.17) is 0 Å². The second-order valence-corrected chi connectivity index (χ2v) is 2.72. The summed E-state index contributed by atoms with van der Waals surface area (Å²) in [4.78, 5) is 12.0. The van der Waals surface area contributed by atoms with Crippen molar-refractivity contribution in [3.8, 4) is 0 Å². The van der Waals surface area contributed by atoms with Gasteiger partial charge < -0.3 is 4.74 Å². The van der Waals surface area contributed by atoms with Gasteiger partial charge in [0.2, 0.25) is 0 Å². The van der Waals surface area contributed by atoms with Crippen molar-refractivity contribution in [1.29, 1.82) is 0 Å². The molecule has 0 heterocycles. The number of halogens is 3. The summed E-state index contributed by atoms with van der Waals surface area (Å²) in [5.74, 6) is -2.14. The molecule has 0 aliphatic carbocycles. The van der Waals surface area contributed by atoms with E-state index in [1.54, 1.807) is 18.7 Å². The molecule has 0 aromatic rings. The number of ether oxygens (including phenoxy) is 1. The highest BCUT2D eigenvalue weighted by Gasteiger charge is 2.42. The first-order chi connectivity index (χ1) is 6.32. The molecule has 0 radical (unpaired) electrons. The Morgan fingerprint density at radius 3 is 2.07 bits per heavy atom. The van der Waals surface area contributed by atoms with Gasteiger partial charge in [-0.1, -0.05) is 13.8 Å². The standard InChI is InChI=1S/C8H14F3NO2/c1-4-12(5-2)6(3)14-7(13)8(9,10)11/h6H,4-5H2,1-3H3. The van der Waals surface area contributed by atoms with Crippen LogP contribution in [0.3, 0.4) is 0 Å². The van der Waals surface area contributed by atoms with Gasteiger partial charge in [-0.2, -0.15) is 13.2 Å². The second-order valence-electron chi connectivity index (χ2n) is 2.72. The number of carbonyl (C=O) groups is 1. The number of hydrogen-bond donors (Lipinski definition) is 0. The fourth-order valence-corrected chi connectivity index (χ4v) is 1.03. The van der Waals surface area contributed by atoms with Crippen LogP contribution in [0.4, 0.5) is 13.2 Å². The Hall–Kier alpha value is -0.780. The molecule has 84 valence electrons. The maximum absolute atomic E-state index is 11.8. The first-order valence-electron chi connectivity index (χ1n) is 4.34. The molecule has 6 heteroatoms. The maximum atomic E-state index is 11.8. The molecule has 0 aromatic carbocycles. The van der Waals surface area contributed by atoms with Gasteiger partial charge in [0.05, 0.1) is 0 Å². The van der Waals surface area contributed by atoms with Crippen LogP contribution in [0.15, 0.2) is 0 Å². The van der Waals surface area contributed by atoms with E-state index in [1.807, 2.05) is 0 Å². The van der Waals surface area contributed by atoms with Crippen LogP contribution in [-0.2, 0) is 9.53 Å². The fraction of sp³-hybridized carbons (Fsp3) is 0.875. The molecule has 1 atom stereocenters. The Balaban J connectivity index is 4.18. The van der Waals surface area contributed by atoms with Crippen molar-refractivity contribution < 1.29 is 22.7 Å². The fourth-order valence-electron chi connectivity index (χ4n) is 1.03. The molecule has 14 heavy (non-hydrogen) atoms. The van der Waals surface area contributed by atoms with Crippen LogP contribution >= 0.6 is 0 Å². The van der Waals surface area contributed by atoms with Crippen LogP contribution in [0.2, 0.25) is 0 Å². The van der Waals surface area contributed by atoms with Crippen molar-refractivity contribution in [2.45, 2.75) is 33.2 Å². The highest BCUT2D eigenvalue weighted by molar-refractivity contribution is 5.75. The van der Waals surface area contributed by atoms with Gasteiger partial charge in [-0.15, -0.1) is 0 Å². The van der Waals surface area contributed by atoms with Crippen LogP contribution in [0.1, 0.15) is 20.8 Å². The van der Waals surface area contributed by atoms with Crippen LogP contribution < -0.4 is 0 Å². The van der Waals surface area contributed by atoms with Gasteiger partial charge in [0, 0.05) is 0 Å². The summed E-state index contributed by atoms with van der Waals surface area (Å²) in [6, 6.07) is 0. The molecule has 0 N–H and O–H groups in total. The van der Waals surface area contributed by atoms with E-state index >= 15 is 0 Å². The van der Waals surface area contributed by atoms with Gasteiger partial charge >= 0.3 is 12.1 Å². The SMILES string of the molecule is CCN(CC)C(C)OC(=O)C(F)(F)F. The lowest BCUT2D eigenvalue weighted by molar-refractivity contribution is -0.211. The van der Waals surface area contributed by atoms with Gasteiger partial charge in [0.1, 0.15) is 0 Å². The van der Waals surface area contributed by atoms with E-state index in [-0.39, 0.29) is 0 Å². The van der Waals surface area contributed by atoms with Crippen molar-refractivity contribution in [3.05, 3.63) is 0 Å². The van der Waals surface area contributed by atoms with Crippen LogP contribution in [0.5, 0.6) is 0 Å². The molecule has 1 unspecified atom stereocenters. The van der Waals surface area contributed by atoms with E-state index in [2.05, 4.69) is 4.74 Å². The summed E-state index contributed by atoms with van der Waals surface area (Å²) in [6.07, 6.45) is -5.76. The van der Waals surface area contributed by atoms with Crippen molar-refractivity contribution in [2.24, 2.45) is 0 Å². The maximum Gasteiger partial charge on any atom is 0.490 e. The lowest BCUT2D eigenvalue weighted by Crippen LogP contribution is -2.39. The molecule has 0 amide bonds. The molecular formula is C8H14F3NO2. The summed E-state index contributed by atoms with van der Waals surface area (Å²) in [6.45, 7) is 6.03. The monoisotopic (exact) mass is 213 g/mol. The molecule has 0 bridgehead atoms. The number of nitrogens with zero attached hydrogens (tertiary/aromatic N) is 1. The number of hydrogen-bond acceptors (Lipinski definition) is 3. The number of alkyl halides is 3. The summed E-state index contributed by atoms with van der Waals surface area (Å²) < 4.78 is 39.6. The average Bonchev–Trinajstić information content (AvgIpc) is 2.04. The van der Waals surface area contributed by atoms with E-state index < -0.39 is 18.4 Å². The van der Waals surface area contributed by atoms with E-state index in [0.29, 0.717) is 13.1 Å².